The molecule has 4 rings (SSSR count). The quantitative estimate of drug-likeness (QED) is 0.541. The van der Waals surface area contributed by atoms with Crippen molar-refractivity contribution in [1.29, 1.82) is 0 Å². The monoisotopic (exact) mass is 470 g/mol. The van der Waals surface area contributed by atoms with Crippen LogP contribution in [0.15, 0.2) is 41.4 Å². The number of aromatic amines is 1. The average Bonchev–Trinajstić information content (AvgIpc) is 3.20. The summed E-state index contributed by atoms with van der Waals surface area (Å²) in [6, 6.07) is 8.45. The number of carboxylic acids is 1. The van der Waals surface area contributed by atoms with Gasteiger partial charge in [0.2, 0.25) is 10.0 Å². The van der Waals surface area contributed by atoms with E-state index in [0.29, 0.717) is 19.3 Å². The molecule has 176 valence electrons. The van der Waals surface area contributed by atoms with Crippen LogP contribution in [0.25, 0.3) is 11.0 Å². The Balaban J connectivity index is 1.59. The van der Waals surface area contributed by atoms with Gasteiger partial charge < -0.3 is 10.1 Å². The minimum absolute atomic E-state index is 0.0822. The zero-order valence-corrected chi connectivity index (χ0v) is 20.0. The van der Waals surface area contributed by atoms with Crippen molar-refractivity contribution >= 4 is 27.0 Å². The molecule has 8 nitrogen and oxygen atoms in total. The Morgan fingerprint density at radius 1 is 1.18 bits per heavy atom. The molecule has 0 unspecified atom stereocenters. The second-order valence-corrected chi connectivity index (χ2v) is 11.0. The first-order valence-electron chi connectivity index (χ1n) is 11.3. The molecule has 1 atom stereocenters. The number of imidazole rings is 1. The molecule has 33 heavy (non-hydrogen) atoms. The molecule has 2 heterocycles. The predicted molar refractivity (Wildman–Crippen MR) is 125 cm³/mol. The number of hydrogen-bond acceptors (Lipinski definition) is 5. The minimum Gasteiger partial charge on any atom is -0.480 e. The van der Waals surface area contributed by atoms with Gasteiger partial charge in [-0.1, -0.05) is 31.4 Å². The fourth-order valence-electron chi connectivity index (χ4n) is 4.85. The topological polar surface area (TPSA) is 116 Å². The summed E-state index contributed by atoms with van der Waals surface area (Å²) >= 11 is 0. The van der Waals surface area contributed by atoms with E-state index in [1.165, 1.54) is 14.0 Å². The molecule has 0 amide bonds. The normalized spacial score (nSPS) is 17.3. The number of likely N-dealkylation sites (N-methyl/N-ethyl adjacent to an activating group) is 1. The van der Waals surface area contributed by atoms with Crippen LogP contribution >= 0.6 is 0 Å². The predicted octanol–water partition coefficient (Wildman–Crippen LogP) is 3.90. The molecule has 1 aliphatic rings. The smallest absolute Gasteiger partial charge is 0.325 e. The Kier molecular flexibility index (Phi) is 6.28. The van der Waals surface area contributed by atoms with Crippen molar-refractivity contribution in [2.45, 2.75) is 62.8 Å². The van der Waals surface area contributed by atoms with Crippen LogP contribution in [-0.4, -0.2) is 51.3 Å². The summed E-state index contributed by atoms with van der Waals surface area (Å²) in [7, 11) is -2.61. The van der Waals surface area contributed by atoms with Crippen molar-refractivity contribution in [3.05, 3.63) is 53.6 Å². The van der Waals surface area contributed by atoms with E-state index in [2.05, 4.69) is 15.0 Å². The van der Waals surface area contributed by atoms with E-state index in [0.717, 1.165) is 51.7 Å². The highest BCUT2D eigenvalue weighted by Gasteiger charge is 2.49. The van der Waals surface area contributed by atoms with Crippen LogP contribution in [0.1, 0.15) is 56.1 Å². The summed E-state index contributed by atoms with van der Waals surface area (Å²) in [5.74, 6) is -0.514. The molecule has 3 aromatic rings. The third-order valence-electron chi connectivity index (χ3n) is 7.04. The molecule has 2 N–H and O–H groups in total. The van der Waals surface area contributed by atoms with Gasteiger partial charge in [-0.25, -0.2) is 13.4 Å². The maximum atomic E-state index is 13.4. The highest BCUT2D eigenvalue weighted by Crippen LogP contribution is 2.38. The Labute approximate surface area is 194 Å². The van der Waals surface area contributed by atoms with E-state index >= 15 is 0 Å². The lowest BCUT2D eigenvalue weighted by molar-refractivity contribution is -0.150. The van der Waals surface area contributed by atoms with Crippen LogP contribution in [0.5, 0.6) is 0 Å². The van der Waals surface area contributed by atoms with E-state index in [-0.39, 0.29) is 10.8 Å². The van der Waals surface area contributed by atoms with Gasteiger partial charge in [0, 0.05) is 19.7 Å². The highest BCUT2D eigenvalue weighted by molar-refractivity contribution is 7.89. The molecular formula is C24H30N4O4S. The number of nitrogens with zero attached hydrogens (tertiary/aromatic N) is 3. The molecule has 0 aliphatic heterocycles. The number of rotatable bonds is 7. The fraction of sp³-hybridized carbons (Fsp3) is 0.458. The third kappa shape index (κ3) is 4.27. The SMILES string of the molecule is Cc1nc2c(Cc3ccc(S(=O)(=O)N(C)[C@@](C)(C(=O)O)C4CCCCC4)cc3)nccc2[nH]1. The van der Waals surface area contributed by atoms with E-state index < -0.39 is 21.5 Å². The number of aryl methyl sites for hydroxylation is 1. The lowest BCUT2D eigenvalue weighted by atomic mass is 9.75. The number of benzene rings is 1. The molecule has 0 bridgehead atoms. The molecule has 1 saturated carbocycles. The number of hydrogen-bond donors (Lipinski definition) is 2. The number of carboxylic acid groups (broad SMARTS) is 1. The van der Waals surface area contributed by atoms with Gasteiger partial charge in [-0.15, -0.1) is 0 Å². The molecule has 0 spiro atoms. The average molecular weight is 471 g/mol. The molecule has 9 heteroatoms. The van der Waals surface area contributed by atoms with Crippen LogP contribution in [-0.2, 0) is 21.2 Å². The number of fused-ring (bicyclic) bond motifs is 1. The molecule has 1 aromatic carbocycles. The fourth-order valence-corrected chi connectivity index (χ4v) is 6.38. The zero-order chi connectivity index (χ0) is 23.8. The van der Waals surface area contributed by atoms with Gasteiger partial charge in [0.05, 0.1) is 16.1 Å². The number of nitrogens with one attached hydrogen (secondary N) is 1. The van der Waals surface area contributed by atoms with Crippen LogP contribution in [0, 0.1) is 12.8 Å². The number of pyridine rings is 1. The van der Waals surface area contributed by atoms with Crippen LogP contribution in [0.4, 0.5) is 0 Å². The maximum Gasteiger partial charge on any atom is 0.325 e. The zero-order valence-electron chi connectivity index (χ0n) is 19.2. The van der Waals surface area contributed by atoms with Gasteiger partial charge in [-0.2, -0.15) is 4.31 Å². The van der Waals surface area contributed by atoms with Gasteiger partial charge in [0.15, 0.2) is 0 Å². The van der Waals surface area contributed by atoms with E-state index in [4.69, 9.17) is 0 Å². The lowest BCUT2D eigenvalue weighted by Crippen LogP contribution is -2.58. The first-order chi connectivity index (χ1) is 15.6. The van der Waals surface area contributed by atoms with Crippen LogP contribution in [0.3, 0.4) is 0 Å². The van der Waals surface area contributed by atoms with Crippen molar-refractivity contribution in [1.82, 2.24) is 19.3 Å². The summed E-state index contributed by atoms with van der Waals surface area (Å²) in [5, 5.41) is 10.0. The van der Waals surface area contributed by atoms with Gasteiger partial charge in [-0.3, -0.25) is 9.78 Å². The summed E-state index contributed by atoms with van der Waals surface area (Å²) in [5.41, 5.74) is 1.92. The van der Waals surface area contributed by atoms with Crippen molar-refractivity contribution in [3.63, 3.8) is 0 Å². The standard InChI is InChI=1S/C24H30N4O4S/c1-16-26-20-13-14-25-21(22(20)27-16)15-17-9-11-19(12-10-17)33(31,32)28(3)24(2,23(29)30)18-7-5-4-6-8-18/h9-14,18H,4-8,15H2,1-3H3,(H,26,27)(H,29,30)/t24-/m1/s1. The van der Waals surface area contributed by atoms with E-state index in [1.807, 2.05) is 13.0 Å². The largest absolute Gasteiger partial charge is 0.480 e. The van der Waals surface area contributed by atoms with Crippen molar-refractivity contribution in [2.75, 3.05) is 7.05 Å². The number of aromatic nitrogens is 3. The van der Waals surface area contributed by atoms with Crippen molar-refractivity contribution in [2.24, 2.45) is 5.92 Å². The van der Waals surface area contributed by atoms with Crippen LogP contribution in [0.2, 0.25) is 0 Å². The number of aliphatic carboxylic acids is 1. The molecule has 0 saturated heterocycles. The molecule has 2 aromatic heterocycles. The minimum atomic E-state index is -3.99. The Morgan fingerprint density at radius 2 is 1.85 bits per heavy atom. The second kappa shape index (κ2) is 8.87. The summed E-state index contributed by atoms with van der Waals surface area (Å²) in [6.45, 7) is 3.42. The molecule has 1 aliphatic carbocycles. The van der Waals surface area contributed by atoms with Gasteiger partial charge in [-0.05, 0) is 56.4 Å². The number of H-pyrrole nitrogens is 1. The van der Waals surface area contributed by atoms with Crippen molar-refractivity contribution < 1.29 is 18.3 Å². The van der Waals surface area contributed by atoms with Gasteiger partial charge >= 0.3 is 5.97 Å². The van der Waals surface area contributed by atoms with E-state index in [1.54, 1.807) is 30.5 Å². The molecule has 1 fully saturated rings. The Hall–Kier alpha value is -2.78. The van der Waals surface area contributed by atoms with Gasteiger partial charge in [0.25, 0.3) is 0 Å². The summed E-state index contributed by atoms with van der Waals surface area (Å²) in [6.07, 6.45) is 6.57. The number of sulfonamides is 1. The Morgan fingerprint density at radius 3 is 2.48 bits per heavy atom. The maximum absolute atomic E-state index is 13.4. The molecular weight excluding hydrogens is 440 g/mol. The summed E-state index contributed by atoms with van der Waals surface area (Å²) < 4.78 is 27.9. The lowest BCUT2D eigenvalue weighted by Gasteiger charge is -2.42. The first kappa shape index (κ1) is 23.4. The van der Waals surface area contributed by atoms with Gasteiger partial charge in [0.1, 0.15) is 16.9 Å². The Bertz CT molecular complexity index is 1260. The first-order valence-corrected chi connectivity index (χ1v) is 12.7. The van der Waals surface area contributed by atoms with Crippen molar-refractivity contribution in [3.8, 4) is 0 Å². The number of carbonyl (C=O) groups is 1. The molecule has 0 radical (unpaired) electrons. The second-order valence-electron chi connectivity index (χ2n) is 9.06. The van der Waals surface area contributed by atoms with E-state index in [9.17, 15) is 18.3 Å². The third-order valence-corrected chi connectivity index (χ3v) is 9.00. The van der Waals surface area contributed by atoms with Crippen LogP contribution < -0.4 is 0 Å². The highest BCUT2D eigenvalue weighted by atomic mass is 32.2. The summed E-state index contributed by atoms with van der Waals surface area (Å²) in [4.78, 5) is 24.5.